The van der Waals surface area contributed by atoms with E-state index >= 15 is 0 Å². The highest BCUT2D eigenvalue weighted by molar-refractivity contribution is 9.08. The Morgan fingerprint density at radius 3 is 2.62 bits per heavy atom. The third kappa shape index (κ3) is 3.71. The molecule has 1 N–H and O–H groups in total. The van der Waals surface area contributed by atoms with E-state index in [1.165, 1.54) is 5.69 Å². The van der Waals surface area contributed by atoms with Crippen molar-refractivity contribution in [3.8, 4) is 0 Å². The number of aromatic nitrogens is 2. The van der Waals surface area contributed by atoms with Crippen LogP contribution in [0.15, 0.2) is 36.7 Å². The number of benzene rings is 1. The smallest absolute Gasteiger partial charge is 0.149 e. The molecule has 0 atom stereocenters. The van der Waals surface area contributed by atoms with E-state index in [2.05, 4.69) is 60.4 Å². The molecule has 0 radical (unpaired) electrons. The largest absolute Gasteiger partial charge is 0.378 e. The zero-order valence-corrected chi connectivity index (χ0v) is 13.2. The molecule has 1 aromatic carbocycles. The lowest BCUT2D eigenvalue weighted by atomic mass is 10.2. The van der Waals surface area contributed by atoms with Crippen LogP contribution in [-0.2, 0) is 10.1 Å². The second-order valence-electron chi connectivity index (χ2n) is 4.80. The van der Waals surface area contributed by atoms with Crippen LogP contribution in [0.2, 0.25) is 0 Å². The van der Waals surface area contributed by atoms with Crippen molar-refractivity contribution >= 4 is 33.1 Å². The number of hydrogen-bond acceptors (Lipinski definition) is 5. The highest BCUT2D eigenvalue weighted by Crippen LogP contribution is 2.21. The average Bonchev–Trinajstić information content (AvgIpc) is 2.56. The zero-order chi connectivity index (χ0) is 14.5. The van der Waals surface area contributed by atoms with E-state index in [0.717, 1.165) is 43.5 Å². The monoisotopic (exact) mass is 348 g/mol. The van der Waals surface area contributed by atoms with E-state index < -0.39 is 0 Å². The number of rotatable bonds is 4. The van der Waals surface area contributed by atoms with E-state index in [4.69, 9.17) is 4.74 Å². The van der Waals surface area contributed by atoms with Gasteiger partial charge in [0.1, 0.15) is 5.82 Å². The number of morpholine rings is 1. The van der Waals surface area contributed by atoms with Gasteiger partial charge in [-0.3, -0.25) is 4.98 Å². The van der Waals surface area contributed by atoms with Crippen molar-refractivity contribution in [2.45, 2.75) is 5.33 Å². The Hall–Kier alpha value is -1.66. The molecule has 110 valence electrons. The quantitative estimate of drug-likeness (QED) is 0.860. The number of hydrogen-bond donors (Lipinski definition) is 1. The van der Waals surface area contributed by atoms with E-state index in [9.17, 15) is 0 Å². The molecule has 0 spiro atoms. The summed E-state index contributed by atoms with van der Waals surface area (Å²) >= 11 is 3.38. The predicted molar refractivity (Wildman–Crippen MR) is 87.4 cm³/mol. The van der Waals surface area contributed by atoms with Crippen LogP contribution < -0.4 is 10.2 Å². The average molecular weight is 349 g/mol. The Morgan fingerprint density at radius 2 is 1.90 bits per heavy atom. The Morgan fingerprint density at radius 1 is 1.14 bits per heavy atom. The molecule has 6 heteroatoms. The van der Waals surface area contributed by atoms with Crippen molar-refractivity contribution in [1.82, 2.24) is 9.97 Å². The van der Waals surface area contributed by atoms with Gasteiger partial charge in [-0.1, -0.05) is 15.9 Å². The summed E-state index contributed by atoms with van der Waals surface area (Å²) in [5.41, 5.74) is 3.14. The number of nitrogens with zero attached hydrogens (tertiary/aromatic N) is 3. The molecule has 0 saturated carbocycles. The van der Waals surface area contributed by atoms with Crippen molar-refractivity contribution in [3.05, 3.63) is 42.4 Å². The van der Waals surface area contributed by atoms with E-state index in [0.29, 0.717) is 5.33 Å². The van der Waals surface area contributed by atoms with Crippen LogP contribution in [0.5, 0.6) is 0 Å². The molecule has 5 nitrogen and oxygen atoms in total. The lowest BCUT2D eigenvalue weighted by Gasteiger charge is -2.28. The maximum atomic E-state index is 5.37. The molecular weight excluding hydrogens is 332 g/mol. The van der Waals surface area contributed by atoms with E-state index in [-0.39, 0.29) is 0 Å². The Labute approximate surface area is 132 Å². The zero-order valence-electron chi connectivity index (χ0n) is 11.6. The Balaban J connectivity index is 1.68. The van der Waals surface area contributed by atoms with Crippen LogP contribution in [0.3, 0.4) is 0 Å². The van der Waals surface area contributed by atoms with Crippen LogP contribution in [0, 0.1) is 0 Å². The summed E-state index contributed by atoms with van der Waals surface area (Å²) in [6.45, 7) is 3.50. The molecule has 1 fully saturated rings. The van der Waals surface area contributed by atoms with Crippen LogP contribution in [0.25, 0.3) is 0 Å². The molecule has 1 aromatic heterocycles. The van der Waals surface area contributed by atoms with Gasteiger partial charge < -0.3 is 15.0 Å². The van der Waals surface area contributed by atoms with Crippen molar-refractivity contribution in [3.63, 3.8) is 0 Å². The van der Waals surface area contributed by atoms with Crippen LogP contribution in [-0.4, -0.2) is 36.3 Å². The lowest BCUT2D eigenvalue weighted by Crippen LogP contribution is -2.36. The molecule has 21 heavy (non-hydrogen) atoms. The third-order valence-corrected chi connectivity index (χ3v) is 3.91. The minimum absolute atomic E-state index is 0.700. The molecule has 0 unspecified atom stereocenters. The van der Waals surface area contributed by atoms with E-state index in [1.54, 1.807) is 12.4 Å². The standard InChI is InChI=1S/C15H17BrN4O/c16-9-13-10-17-11-15(19-13)18-12-1-3-14(4-2-12)20-5-7-21-8-6-20/h1-4,10-11H,5-9H2,(H,18,19). The van der Waals surface area contributed by atoms with Gasteiger partial charge >= 0.3 is 0 Å². The maximum Gasteiger partial charge on any atom is 0.149 e. The summed E-state index contributed by atoms with van der Waals surface area (Å²) in [5, 5.41) is 3.97. The summed E-state index contributed by atoms with van der Waals surface area (Å²) in [5.74, 6) is 0.756. The van der Waals surface area contributed by atoms with Crippen LogP contribution >= 0.6 is 15.9 Å². The van der Waals surface area contributed by atoms with Gasteiger partial charge in [-0.25, -0.2) is 4.98 Å². The molecule has 2 heterocycles. The van der Waals surface area contributed by atoms with Crippen molar-refractivity contribution in [2.24, 2.45) is 0 Å². The minimum atomic E-state index is 0.700. The molecule has 0 bridgehead atoms. The fourth-order valence-electron chi connectivity index (χ4n) is 2.26. The lowest BCUT2D eigenvalue weighted by molar-refractivity contribution is 0.122. The Kier molecular flexibility index (Phi) is 4.67. The number of halogens is 1. The summed E-state index contributed by atoms with van der Waals surface area (Å²) in [7, 11) is 0. The highest BCUT2D eigenvalue weighted by atomic mass is 79.9. The van der Waals surface area contributed by atoms with Gasteiger partial charge in [-0.15, -0.1) is 0 Å². The van der Waals surface area contributed by atoms with Gasteiger partial charge in [0.2, 0.25) is 0 Å². The molecule has 0 amide bonds. The minimum Gasteiger partial charge on any atom is -0.378 e. The number of nitrogens with one attached hydrogen (secondary N) is 1. The molecule has 3 rings (SSSR count). The fourth-order valence-corrected chi connectivity index (χ4v) is 2.53. The van der Waals surface area contributed by atoms with Gasteiger partial charge in [0.25, 0.3) is 0 Å². The molecule has 1 saturated heterocycles. The summed E-state index contributed by atoms with van der Waals surface area (Å²) in [6, 6.07) is 8.37. The SMILES string of the molecule is BrCc1cncc(Nc2ccc(N3CCOCC3)cc2)n1. The van der Waals surface area contributed by atoms with Gasteiger partial charge in [0.05, 0.1) is 25.1 Å². The van der Waals surface area contributed by atoms with Gasteiger partial charge in [0.15, 0.2) is 0 Å². The number of anilines is 3. The number of alkyl halides is 1. The molecule has 2 aromatic rings. The topological polar surface area (TPSA) is 50.3 Å². The van der Waals surface area contributed by atoms with Crippen molar-refractivity contribution in [2.75, 3.05) is 36.5 Å². The first-order valence-electron chi connectivity index (χ1n) is 6.92. The van der Waals surface area contributed by atoms with Gasteiger partial charge in [0, 0.05) is 36.0 Å². The summed E-state index contributed by atoms with van der Waals surface area (Å²) in [4.78, 5) is 10.9. The van der Waals surface area contributed by atoms with E-state index in [1.807, 2.05) is 0 Å². The maximum absolute atomic E-state index is 5.37. The van der Waals surface area contributed by atoms with Crippen LogP contribution in [0.1, 0.15) is 5.69 Å². The third-order valence-electron chi connectivity index (χ3n) is 3.34. The van der Waals surface area contributed by atoms with Crippen molar-refractivity contribution < 1.29 is 4.74 Å². The number of ether oxygens (including phenoxy) is 1. The first-order valence-corrected chi connectivity index (χ1v) is 8.04. The molecule has 1 aliphatic rings. The second kappa shape index (κ2) is 6.87. The highest BCUT2D eigenvalue weighted by Gasteiger charge is 2.10. The summed E-state index contributed by atoms with van der Waals surface area (Å²) < 4.78 is 5.37. The fraction of sp³-hybridized carbons (Fsp3) is 0.333. The predicted octanol–water partition coefficient (Wildman–Crippen LogP) is 2.95. The summed E-state index contributed by atoms with van der Waals surface area (Å²) in [6.07, 6.45) is 3.48. The molecular formula is C15H17BrN4O. The Bertz CT molecular complexity index is 584. The van der Waals surface area contributed by atoms with Gasteiger partial charge in [-0.2, -0.15) is 0 Å². The normalized spacial score (nSPS) is 15.0. The first-order chi connectivity index (χ1) is 10.3. The first kappa shape index (κ1) is 14.3. The molecule has 0 aliphatic carbocycles. The molecule has 1 aliphatic heterocycles. The van der Waals surface area contributed by atoms with Crippen molar-refractivity contribution in [1.29, 1.82) is 0 Å². The second-order valence-corrected chi connectivity index (χ2v) is 5.36. The van der Waals surface area contributed by atoms with Crippen LogP contribution in [0.4, 0.5) is 17.2 Å². The van der Waals surface area contributed by atoms with Gasteiger partial charge in [-0.05, 0) is 24.3 Å².